The Morgan fingerprint density at radius 2 is 1.73 bits per heavy atom. The van der Waals surface area contributed by atoms with E-state index in [-0.39, 0.29) is 0 Å². The third kappa shape index (κ3) is 3.90. The number of sulfonamides is 1. The van der Waals surface area contributed by atoms with Gasteiger partial charge < -0.3 is 5.73 Å². The maximum Gasteiger partial charge on any atom is 0.264 e. The van der Waals surface area contributed by atoms with Crippen molar-refractivity contribution in [1.82, 2.24) is 0 Å². The maximum atomic E-state index is 13.1. The molecule has 5 rings (SSSR count). The Bertz CT molecular complexity index is 997. The molecule has 2 saturated carbocycles. The molecule has 2 aliphatic carbocycles. The van der Waals surface area contributed by atoms with E-state index >= 15 is 0 Å². The van der Waals surface area contributed by atoms with Gasteiger partial charge in [0.1, 0.15) is 0 Å². The van der Waals surface area contributed by atoms with Crippen LogP contribution in [-0.4, -0.2) is 21.0 Å². The van der Waals surface area contributed by atoms with E-state index in [1.54, 1.807) is 28.6 Å². The molecular formula is C25H32N2O2S. The smallest absolute Gasteiger partial charge is 0.264 e. The summed E-state index contributed by atoms with van der Waals surface area (Å²) in [7, 11) is -3.48. The van der Waals surface area contributed by atoms with E-state index < -0.39 is 10.0 Å². The van der Waals surface area contributed by atoms with Crippen LogP contribution in [0.4, 0.5) is 5.69 Å². The van der Waals surface area contributed by atoms with Gasteiger partial charge in [-0.2, -0.15) is 0 Å². The molecule has 5 heteroatoms. The van der Waals surface area contributed by atoms with E-state index in [4.69, 9.17) is 5.73 Å². The van der Waals surface area contributed by atoms with Crippen molar-refractivity contribution >= 4 is 15.7 Å². The van der Waals surface area contributed by atoms with Crippen LogP contribution in [0, 0.1) is 11.8 Å². The SMILES string of the molecule is NC1CCC(CCC2CC2c2ccc3c(c2)CCN3S(=O)(=O)c2ccccc2)CC1. The number of nitrogens with zero attached hydrogens (tertiary/aromatic N) is 1. The Kier molecular flexibility index (Phi) is 5.36. The fourth-order valence-electron chi connectivity index (χ4n) is 5.49. The van der Waals surface area contributed by atoms with Gasteiger partial charge >= 0.3 is 0 Å². The van der Waals surface area contributed by atoms with Gasteiger partial charge in [0, 0.05) is 12.6 Å². The molecule has 4 nitrogen and oxygen atoms in total. The maximum absolute atomic E-state index is 13.1. The van der Waals surface area contributed by atoms with Crippen LogP contribution in [0.15, 0.2) is 53.4 Å². The predicted molar refractivity (Wildman–Crippen MR) is 121 cm³/mol. The van der Waals surface area contributed by atoms with E-state index in [1.165, 1.54) is 56.1 Å². The van der Waals surface area contributed by atoms with E-state index in [0.717, 1.165) is 23.9 Å². The van der Waals surface area contributed by atoms with E-state index in [2.05, 4.69) is 12.1 Å². The standard InChI is InChI=1S/C25H32N2O2S/c26-22-11-7-18(8-12-22)6-9-20-17-24(20)19-10-13-25-21(16-19)14-15-27(25)30(28,29)23-4-2-1-3-5-23/h1-5,10,13,16,18,20,22,24H,6-9,11-12,14-15,17,26H2. The number of hydrogen-bond donors (Lipinski definition) is 1. The average molecular weight is 425 g/mol. The van der Waals surface area contributed by atoms with Crippen LogP contribution in [0.2, 0.25) is 0 Å². The van der Waals surface area contributed by atoms with Crippen LogP contribution >= 0.6 is 0 Å². The first kappa shape index (κ1) is 20.1. The second-order valence-corrected chi connectivity index (χ2v) is 11.4. The molecule has 2 N–H and O–H groups in total. The Morgan fingerprint density at radius 3 is 2.50 bits per heavy atom. The van der Waals surface area contributed by atoms with Crippen molar-refractivity contribution in [3.63, 3.8) is 0 Å². The molecule has 1 aliphatic heterocycles. The first-order valence-corrected chi connectivity index (χ1v) is 12.9. The first-order chi connectivity index (χ1) is 14.5. The highest BCUT2D eigenvalue weighted by molar-refractivity contribution is 7.92. The summed E-state index contributed by atoms with van der Waals surface area (Å²) in [4.78, 5) is 0.368. The molecule has 160 valence electrons. The van der Waals surface area contributed by atoms with Crippen LogP contribution < -0.4 is 10.0 Å². The van der Waals surface area contributed by atoms with Gasteiger partial charge in [0.05, 0.1) is 10.6 Å². The average Bonchev–Trinajstić information content (AvgIpc) is 3.42. The molecule has 0 aromatic heterocycles. The van der Waals surface area contributed by atoms with Crippen molar-refractivity contribution < 1.29 is 8.42 Å². The normalized spacial score (nSPS) is 28.4. The minimum absolute atomic E-state index is 0.368. The summed E-state index contributed by atoms with van der Waals surface area (Å²) < 4.78 is 27.7. The molecule has 0 radical (unpaired) electrons. The molecule has 2 fully saturated rings. The first-order valence-electron chi connectivity index (χ1n) is 11.5. The van der Waals surface area contributed by atoms with Gasteiger partial charge in [-0.3, -0.25) is 4.31 Å². The largest absolute Gasteiger partial charge is 0.328 e. The summed E-state index contributed by atoms with van der Waals surface area (Å²) in [5.41, 5.74) is 9.48. The highest BCUT2D eigenvalue weighted by Crippen LogP contribution is 2.52. The number of fused-ring (bicyclic) bond motifs is 1. The van der Waals surface area contributed by atoms with Crippen LogP contribution in [-0.2, 0) is 16.4 Å². The van der Waals surface area contributed by atoms with Crippen molar-refractivity contribution in [2.45, 2.75) is 68.2 Å². The van der Waals surface area contributed by atoms with Crippen molar-refractivity contribution in [2.24, 2.45) is 17.6 Å². The number of rotatable bonds is 6. The van der Waals surface area contributed by atoms with Gasteiger partial charge in [0.25, 0.3) is 10.0 Å². The Balaban J connectivity index is 1.23. The highest BCUT2D eigenvalue weighted by Gasteiger charge is 2.39. The minimum Gasteiger partial charge on any atom is -0.328 e. The van der Waals surface area contributed by atoms with Gasteiger partial charge in [0.15, 0.2) is 0 Å². The molecule has 0 amide bonds. The number of nitrogens with two attached hydrogens (primary N) is 1. The summed E-state index contributed by atoms with van der Waals surface area (Å²) in [5, 5.41) is 0. The molecule has 0 bridgehead atoms. The van der Waals surface area contributed by atoms with Gasteiger partial charge in [-0.1, -0.05) is 36.8 Å². The van der Waals surface area contributed by atoms with Crippen molar-refractivity contribution in [3.8, 4) is 0 Å². The fraction of sp³-hybridized carbons (Fsp3) is 0.520. The lowest BCUT2D eigenvalue weighted by Gasteiger charge is -2.26. The zero-order valence-electron chi connectivity index (χ0n) is 17.5. The lowest BCUT2D eigenvalue weighted by molar-refractivity contribution is 0.300. The van der Waals surface area contributed by atoms with Gasteiger partial charge in [0.2, 0.25) is 0 Å². The molecule has 2 aromatic carbocycles. The number of hydrogen-bond acceptors (Lipinski definition) is 3. The predicted octanol–water partition coefficient (Wildman–Crippen LogP) is 4.84. The van der Waals surface area contributed by atoms with E-state index in [0.29, 0.717) is 23.4 Å². The topological polar surface area (TPSA) is 63.4 Å². The molecule has 2 unspecified atom stereocenters. The molecule has 0 spiro atoms. The van der Waals surface area contributed by atoms with Crippen molar-refractivity contribution in [1.29, 1.82) is 0 Å². The Hall–Kier alpha value is -1.85. The lowest BCUT2D eigenvalue weighted by atomic mass is 9.83. The van der Waals surface area contributed by atoms with Gasteiger partial charge in [-0.15, -0.1) is 0 Å². The Labute approximate surface area is 180 Å². The van der Waals surface area contributed by atoms with Crippen molar-refractivity contribution in [2.75, 3.05) is 10.8 Å². The summed E-state index contributed by atoms with van der Waals surface area (Å²) in [6, 6.07) is 15.7. The van der Waals surface area contributed by atoms with E-state index in [9.17, 15) is 8.42 Å². The van der Waals surface area contributed by atoms with Crippen LogP contribution in [0.5, 0.6) is 0 Å². The summed E-state index contributed by atoms with van der Waals surface area (Å²) >= 11 is 0. The second kappa shape index (κ2) is 8.01. The van der Waals surface area contributed by atoms with Gasteiger partial charge in [-0.25, -0.2) is 8.42 Å². The quantitative estimate of drug-likeness (QED) is 0.722. The van der Waals surface area contributed by atoms with Crippen molar-refractivity contribution in [3.05, 3.63) is 59.7 Å². The van der Waals surface area contributed by atoms with Crippen LogP contribution in [0.1, 0.15) is 62.0 Å². The third-order valence-electron chi connectivity index (χ3n) is 7.48. The molecule has 1 heterocycles. The monoisotopic (exact) mass is 424 g/mol. The van der Waals surface area contributed by atoms with E-state index in [1.807, 2.05) is 12.1 Å². The summed E-state index contributed by atoms with van der Waals surface area (Å²) in [6.45, 7) is 0.536. The summed E-state index contributed by atoms with van der Waals surface area (Å²) in [5.74, 6) is 2.35. The zero-order chi connectivity index (χ0) is 20.7. The number of benzene rings is 2. The fourth-order valence-corrected chi connectivity index (χ4v) is 7.02. The van der Waals surface area contributed by atoms with Crippen LogP contribution in [0.3, 0.4) is 0 Å². The molecule has 30 heavy (non-hydrogen) atoms. The highest BCUT2D eigenvalue weighted by atomic mass is 32.2. The zero-order valence-corrected chi connectivity index (χ0v) is 18.4. The minimum atomic E-state index is -3.48. The van der Waals surface area contributed by atoms with Crippen LogP contribution in [0.25, 0.3) is 0 Å². The summed E-state index contributed by atoms with van der Waals surface area (Å²) in [6.07, 6.45) is 9.79. The Morgan fingerprint density at radius 1 is 0.967 bits per heavy atom. The lowest BCUT2D eigenvalue weighted by Crippen LogP contribution is -2.29. The molecule has 2 aromatic rings. The molecule has 0 saturated heterocycles. The third-order valence-corrected chi connectivity index (χ3v) is 9.30. The molecule has 2 atom stereocenters. The number of anilines is 1. The molecular weight excluding hydrogens is 392 g/mol. The van der Waals surface area contributed by atoms with Gasteiger partial charge in [-0.05, 0) is 92.0 Å². The second-order valence-electron chi connectivity index (χ2n) is 9.49. The molecule has 3 aliphatic rings.